The Morgan fingerprint density at radius 2 is 1.74 bits per heavy atom. The number of hydrogen-bond donors (Lipinski definition) is 2. The molecule has 1 fully saturated rings. The van der Waals surface area contributed by atoms with Gasteiger partial charge in [-0.05, 0) is 29.7 Å². The number of hydrogen-bond acceptors (Lipinski definition) is 3. The van der Waals surface area contributed by atoms with Gasteiger partial charge in [-0.15, -0.1) is 0 Å². The quantitative estimate of drug-likeness (QED) is 0.717. The van der Waals surface area contributed by atoms with Gasteiger partial charge in [0, 0.05) is 18.0 Å². The van der Waals surface area contributed by atoms with Crippen LogP contribution < -0.4 is 10.6 Å². The van der Waals surface area contributed by atoms with Gasteiger partial charge in [0.15, 0.2) is 0 Å². The molecule has 1 aliphatic heterocycles. The van der Waals surface area contributed by atoms with E-state index < -0.39 is 12.1 Å². The molecule has 4 amide bonds. The lowest BCUT2D eigenvalue weighted by atomic mass is 10.1. The fourth-order valence-corrected chi connectivity index (χ4v) is 3.04. The van der Waals surface area contributed by atoms with Crippen molar-refractivity contribution in [2.75, 3.05) is 13.1 Å². The predicted octanol–water partition coefficient (Wildman–Crippen LogP) is 2.16. The van der Waals surface area contributed by atoms with E-state index >= 15 is 0 Å². The lowest BCUT2D eigenvalue weighted by Crippen LogP contribution is -2.41. The van der Waals surface area contributed by atoms with Gasteiger partial charge in [-0.1, -0.05) is 54.1 Å². The molecule has 3 rings (SSSR count). The number of carbonyl (C=O) groups excluding carboxylic acids is 3. The maximum absolute atomic E-state index is 12.4. The van der Waals surface area contributed by atoms with Crippen LogP contribution in [-0.4, -0.2) is 41.9 Å². The summed E-state index contributed by atoms with van der Waals surface area (Å²) in [6.45, 7) is 0.133. The smallest absolute Gasteiger partial charge is 0.325 e. The van der Waals surface area contributed by atoms with Gasteiger partial charge in [0.2, 0.25) is 5.91 Å². The van der Waals surface area contributed by atoms with Crippen molar-refractivity contribution < 1.29 is 14.4 Å². The third-order valence-electron chi connectivity index (χ3n) is 4.34. The second kappa shape index (κ2) is 8.68. The number of nitrogens with zero attached hydrogens (tertiary/aromatic N) is 1. The summed E-state index contributed by atoms with van der Waals surface area (Å²) in [5.74, 6) is -0.746. The molecular formula is C20H20ClN3O3. The summed E-state index contributed by atoms with van der Waals surface area (Å²) >= 11 is 5.84. The average molecular weight is 386 g/mol. The van der Waals surface area contributed by atoms with Crippen LogP contribution >= 0.6 is 11.6 Å². The first kappa shape index (κ1) is 18.9. The molecule has 1 saturated heterocycles. The van der Waals surface area contributed by atoms with Crippen molar-refractivity contribution in [1.82, 2.24) is 15.5 Å². The minimum absolute atomic E-state index is 0.281. The summed E-state index contributed by atoms with van der Waals surface area (Å²) in [7, 11) is 0. The van der Waals surface area contributed by atoms with Crippen molar-refractivity contribution in [3.05, 3.63) is 70.7 Å². The fourth-order valence-electron chi connectivity index (χ4n) is 2.91. The van der Waals surface area contributed by atoms with Gasteiger partial charge in [-0.3, -0.25) is 14.5 Å². The van der Waals surface area contributed by atoms with Crippen molar-refractivity contribution in [2.24, 2.45) is 0 Å². The average Bonchev–Trinajstić information content (AvgIpc) is 2.92. The summed E-state index contributed by atoms with van der Waals surface area (Å²) in [6, 6.07) is 15.6. The monoisotopic (exact) mass is 385 g/mol. The lowest BCUT2D eigenvalue weighted by Gasteiger charge is -2.13. The van der Waals surface area contributed by atoms with Crippen LogP contribution in [0.4, 0.5) is 4.79 Å². The Bertz CT molecular complexity index is 824. The molecule has 0 bridgehead atoms. The number of imide groups is 1. The first-order valence-electron chi connectivity index (χ1n) is 8.70. The summed E-state index contributed by atoms with van der Waals surface area (Å²) in [5.41, 5.74) is 1.99. The Hall–Kier alpha value is -2.86. The zero-order chi connectivity index (χ0) is 19.2. The summed E-state index contributed by atoms with van der Waals surface area (Å²) in [5, 5.41) is 6.03. The summed E-state index contributed by atoms with van der Waals surface area (Å²) in [4.78, 5) is 37.5. The predicted molar refractivity (Wildman–Crippen MR) is 102 cm³/mol. The molecule has 0 radical (unpaired) electrons. The molecule has 1 heterocycles. The van der Waals surface area contributed by atoms with Gasteiger partial charge >= 0.3 is 6.03 Å². The van der Waals surface area contributed by atoms with Crippen molar-refractivity contribution in [2.45, 2.75) is 18.9 Å². The number of halogens is 1. The van der Waals surface area contributed by atoms with E-state index in [0.29, 0.717) is 24.4 Å². The summed E-state index contributed by atoms with van der Waals surface area (Å²) in [6.07, 6.45) is 1.04. The van der Waals surface area contributed by atoms with Crippen LogP contribution in [0.3, 0.4) is 0 Å². The zero-order valence-electron chi connectivity index (χ0n) is 14.7. The zero-order valence-corrected chi connectivity index (χ0v) is 15.4. The van der Waals surface area contributed by atoms with Crippen LogP contribution in [-0.2, 0) is 22.4 Å². The maximum atomic E-state index is 12.4. The Labute approximate surface area is 162 Å². The molecule has 7 heteroatoms. The molecular weight excluding hydrogens is 366 g/mol. The van der Waals surface area contributed by atoms with Crippen molar-refractivity contribution >= 4 is 29.4 Å². The molecule has 0 aliphatic carbocycles. The van der Waals surface area contributed by atoms with Gasteiger partial charge < -0.3 is 10.6 Å². The SMILES string of the molecule is O=C(CN1C(=O)NC(Cc2ccccc2)C1=O)NCCc1ccc(Cl)cc1. The van der Waals surface area contributed by atoms with Crippen molar-refractivity contribution in [3.8, 4) is 0 Å². The second-order valence-corrected chi connectivity index (χ2v) is 6.78. The molecule has 0 aromatic heterocycles. The van der Waals surface area contributed by atoms with Crippen LogP contribution in [0, 0.1) is 0 Å². The first-order chi connectivity index (χ1) is 13.0. The number of benzene rings is 2. The van der Waals surface area contributed by atoms with Crippen molar-refractivity contribution in [1.29, 1.82) is 0 Å². The van der Waals surface area contributed by atoms with Crippen LogP contribution in [0.15, 0.2) is 54.6 Å². The number of rotatable bonds is 7. The Balaban J connectivity index is 1.47. The van der Waals surface area contributed by atoms with Crippen LogP contribution in [0.2, 0.25) is 5.02 Å². The van der Waals surface area contributed by atoms with E-state index in [1.54, 1.807) is 12.1 Å². The highest BCUT2D eigenvalue weighted by Gasteiger charge is 2.38. The van der Waals surface area contributed by atoms with Crippen LogP contribution in [0.5, 0.6) is 0 Å². The maximum Gasteiger partial charge on any atom is 0.325 e. The van der Waals surface area contributed by atoms with E-state index in [0.717, 1.165) is 16.0 Å². The third kappa shape index (κ3) is 5.08. The van der Waals surface area contributed by atoms with Crippen LogP contribution in [0.1, 0.15) is 11.1 Å². The lowest BCUT2D eigenvalue weighted by molar-refractivity contribution is -0.132. The van der Waals surface area contributed by atoms with E-state index in [9.17, 15) is 14.4 Å². The number of amides is 4. The highest BCUT2D eigenvalue weighted by atomic mass is 35.5. The molecule has 2 aromatic carbocycles. The number of carbonyl (C=O) groups is 3. The van der Waals surface area contributed by atoms with E-state index in [2.05, 4.69) is 10.6 Å². The molecule has 2 aromatic rings. The highest BCUT2D eigenvalue weighted by Crippen LogP contribution is 2.12. The van der Waals surface area contributed by atoms with Gasteiger partial charge in [0.1, 0.15) is 12.6 Å². The number of urea groups is 1. The topological polar surface area (TPSA) is 78.5 Å². The minimum atomic E-state index is -0.637. The normalized spacial score (nSPS) is 16.3. The van der Waals surface area contributed by atoms with Gasteiger partial charge in [-0.25, -0.2) is 4.79 Å². The molecule has 6 nitrogen and oxygen atoms in total. The summed E-state index contributed by atoms with van der Waals surface area (Å²) < 4.78 is 0. The van der Waals surface area contributed by atoms with E-state index in [-0.39, 0.29) is 18.4 Å². The molecule has 1 atom stereocenters. The first-order valence-corrected chi connectivity index (χ1v) is 9.07. The number of nitrogens with one attached hydrogen (secondary N) is 2. The molecule has 27 heavy (non-hydrogen) atoms. The standard InChI is InChI=1S/C20H20ClN3O3/c21-16-8-6-14(7-9-16)10-11-22-18(25)13-24-19(26)17(23-20(24)27)12-15-4-2-1-3-5-15/h1-9,17H,10-13H2,(H,22,25)(H,23,27). The molecule has 1 aliphatic rings. The fraction of sp³-hybridized carbons (Fsp3) is 0.250. The second-order valence-electron chi connectivity index (χ2n) is 6.34. The molecule has 140 valence electrons. The minimum Gasteiger partial charge on any atom is -0.354 e. The van der Waals surface area contributed by atoms with E-state index in [4.69, 9.17) is 11.6 Å². The van der Waals surface area contributed by atoms with Crippen molar-refractivity contribution in [3.63, 3.8) is 0 Å². The van der Waals surface area contributed by atoms with Gasteiger partial charge in [0.05, 0.1) is 0 Å². The Kier molecular flexibility index (Phi) is 6.08. The highest BCUT2D eigenvalue weighted by molar-refractivity contribution is 6.30. The van der Waals surface area contributed by atoms with Gasteiger partial charge in [-0.2, -0.15) is 0 Å². The largest absolute Gasteiger partial charge is 0.354 e. The van der Waals surface area contributed by atoms with E-state index in [1.807, 2.05) is 42.5 Å². The molecule has 1 unspecified atom stereocenters. The van der Waals surface area contributed by atoms with Gasteiger partial charge in [0.25, 0.3) is 5.91 Å². The molecule has 0 spiro atoms. The van der Waals surface area contributed by atoms with E-state index in [1.165, 1.54) is 0 Å². The van der Waals surface area contributed by atoms with Crippen LogP contribution in [0.25, 0.3) is 0 Å². The molecule has 2 N–H and O–H groups in total. The Morgan fingerprint density at radius 3 is 2.44 bits per heavy atom. The molecule has 0 saturated carbocycles. The third-order valence-corrected chi connectivity index (χ3v) is 4.59. The Morgan fingerprint density at radius 1 is 1.04 bits per heavy atom.